The Morgan fingerprint density at radius 3 is 2.32 bits per heavy atom. The number of aromatic amines is 1. The molecule has 1 aromatic heterocycles. The first-order valence-corrected chi connectivity index (χ1v) is 10.2. The van der Waals surface area contributed by atoms with E-state index in [1.807, 2.05) is 54.6 Å². The molecule has 0 aliphatic heterocycles. The van der Waals surface area contributed by atoms with Gasteiger partial charge in [0.1, 0.15) is 11.5 Å². The van der Waals surface area contributed by atoms with Gasteiger partial charge in [-0.25, -0.2) is 0 Å². The van der Waals surface area contributed by atoms with Crippen LogP contribution in [0.5, 0.6) is 11.5 Å². The molecule has 6 heteroatoms. The van der Waals surface area contributed by atoms with Gasteiger partial charge in [0.05, 0.1) is 16.8 Å². The van der Waals surface area contributed by atoms with E-state index >= 15 is 0 Å². The summed E-state index contributed by atoms with van der Waals surface area (Å²) < 4.78 is 47.1. The first-order chi connectivity index (χ1) is 15.0. The van der Waals surface area contributed by atoms with Crippen molar-refractivity contribution in [2.24, 2.45) is 5.73 Å². The maximum Gasteiger partial charge on any atom is 0.418 e. The standard InChI is InChI=1S/C25H23F3N2O/c26-25(27,28)21-14-8-13-19-18(11-6-7-16-29)23(30-24(19)21)20-12-4-5-15-22(20)31-17-9-2-1-3-10-17/h1-5,8-10,12-15,30H,6-7,11,16,29H2. The largest absolute Gasteiger partial charge is 0.457 e. The summed E-state index contributed by atoms with van der Waals surface area (Å²) in [6.45, 7) is 0.541. The number of H-pyrrole nitrogens is 1. The lowest BCUT2D eigenvalue weighted by Gasteiger charge is -2.12. The maximum atomic E-state index is 13.7. The molecular weight excluding hydrogens is 401 g/mol. The lowest BCUT2D eigenvalue weighted by atomic mass is 9.99. The highest BCUT2D eigenvalue weighted by molar-refractivity contribution is 5.94. The highest BCUT2D eigenvalue weighted by atomic mass is 19.4. The number of fused-ring (bicyclic) bond motifs is 1. The van der Waals surface area contributed by atoms with E-state index in [0.29, 0.717) is 35.5 Å². The highest BCUT2D eigenvalue weighted by Crippen LogP contribution is 2.42. The number of nitrogens with one attached hydrogen (secondary N) is 1. The Bertz CT molecular complexity index is 1170. The molecule has 0 bridgehead atoms. The molecule has 3 aromatic carbocycles. The second-order valence-electron chi connectivity index (χ2n) is 7.36. The van der Waals surface area contributed by atoms with E-state index in [-0.39, 0.29) is 5.52 Å². The van der Waals surface area contributed by atoms with E-state index in [4.69, 9.17) is 10.5 Å². The minimum absolute atomic E-state index is 0.0993. The molecule has 0 amide bonds. The number of hydrogen-bond donors (Lipinski definition) is 2. The summed E-state index contributed by atoms with van der Waals surface area (Å²) in [5, 5.41) is 0.580. The van der Waals surface area contributed by atoms with Crippen molar-refractivity contribution >= 4 is 10.9 Å². The van der Waals surface area contributed by atoms with E-state index in [9.17, 15) is 13.2 Å². The second-order valence-corrected chi connectivity index (χ2v) is 7.36. The zero-order valence-electron chi connectivity index (χ0n) is 16.9. The van der Waals surface area contributed by atoms with Crippen LogP contribution in [0.1, 0.15) is 24.0 Å². The van der Waals surface area contributed by atoms with Crippen LogP contribution in [-0.4, -0.2) is 11.5 Å². The number of nitrogens with two attached hydrogens (primary N) is 1. The highest BCUT2D eigenvalue weighted by Gasteiger charge is 2.34. The van der Waals surface area contributed by atoms with Crippen LogP contribution >= 0.6 is 0 Å². The van der Waals surface area contributed by atoms with Crippen molar-refractivity contribution < 1.29 is 17.9 Å². The number of ether oxygens (including phenoxy) is 1. The van der Waals surface area contributed by atoms with Crippen LogP contribution in [0.2, 0.25) is 0 Å². The lowest BCUT2D eigenvalue weighted by Crippen LogP contribution is -2.05. The van der Waals surface area contributed by atoms with Crippen molar-refractivity contribution in [2.75, 3.05) is 6.54 Å². The first-order valence-electron chi connectivity index (χ1n) is 10.2. The molecule has 0 unspecified atom stereocenters. The quantitative estimate of drug-likeness (QED) is 0.316. The topological polar surface area (TPSA) is 51.0 Å². The van der Waals surface area contributed by atoms with Crippen LogP contribution in [0.3, 0.4) is 0 Å². The molecule has 3 nitrogen and oxygen atoms in total. The predicted octanol–water partition coefficient (Wildman–Crippen LogP) is 6.93. The van der Waals surface area contributed by atoms with Crippen molar-refractivity contribution in [3.63, 3.8) is 0 Å². The number of halogens is 3. The van der Waals surface area contributed by atoms with Crippen LogP contribution in [0.25, 0.3) is 22.2 Å². The van der Waals surface area contributed by atoms with Gasteiger partial charge >= 0.3 is 6.18 Å². The number of benzene rings is 3. The Labute approximate surface area is 178 Å². The molecule has 1 heterocycles. The van der Waals surface area contributed by atoms with Crippen molar-refractivity contribution in [3.8, 4) is 22.8 Å². The van der Waals surface area contributed by atoms with Crippen LogP contribution in [-0.2, 0) is 12.6 Å². The Morgan fingerprint density at radius 2 is 1.58 bits per heavy atom. The summed E-state index contributed by atoms with van der Waals surface area (Å²) in [4.78, 5) is 3.08. The van der Waals surface area contributed by atoms with Crippen molar-refractivity contribution in [1.82, 2.24) is 4.98 Å². The number of aryl methyl sites for hydroxylation is 1. The van der Waals surface area contributed by atoms with Gasteiger partial charge in [-0.15, -0.1) is 0 Å². The lowest BCUT2D eigenvalue weighted by molar-refractivity contribution is -0.136. The minimum Gasteiger partial charge on any atom is -0.457 e. The smallest absolute Gasteiger partial charge is 0.418 e. The summed E-state index contributed by atoms with van der Waals surface area (Å²) in [6, 6.07) is 21.0. The minimum atomic E-state index is -4.45. The van der Waals surface area contributed by atoms with Crippen LogP contribution in [0.15, 0.2) is 72.8 Å². The molecule has 0 spiro atoms. The second kappa shape index (κ2) is 8.86. The Kier molecular flexibility index (Phi) is 6.00. The molecule has 0 aliphatic rings. The average molecular weight is 424 g/mol. The number of rotatable bonds is 7. The molecule has 0 atom stereocenters. The number of aromatic nitrogens is 1. The van der Waals surface area contributed by atoms with Gasteiger partial charge < -0.3 is 15.5 Å². The van der Waals surface area contributed by atoms with E-state index < -0.39 is 11.7 Å². The van der Waals surface area contributed by atoms with Gasteiger partial charge in [-0.05, 0) is 61.7 Å². The van der Waals surface area contributed by atoms with E-state index in [2.05, 4.69) is 4.98 Å². The van der Waals surface area contributed by atoms with Gasteiger partial charge in [0.2, 0.25) is 0 Å². The summed E-state index contributed by atoms with van der Waals surface area (Å²) in [5.74, 6) is 1.24. The third-order valence-corrected chi connectivity index (χ3v) is 5.26. The van der Waals surface area contributed by atoms with Gasteiger partial charge in [-0.1, -0.05) is 42.5 Å². The van der Waals surface area contributed by atoms with Crippen molar-refractivity contribution in [1.29, 1.82) is 0 Å². The monoisotopic (exact) mass is 424 g/mol. The molecular formula is C25H23F3N2O. The Morgan fingerprint density at radius 1 is 0.839 bits per heavy atom. The van der Waals surface area contributed by atoms with Gasteiger partial charge in [0.25, 0.3) is 0 Å². The predicted molar refractivity (Wildman–Crippen MR) is 117 cm³/mol. The SMILES string of the molecule is NCCCCc1c(-c2ccccc2Oc2ccccc2)[nH]c2c(C(F)(F)F)cccc12. The Hall–Kier alpha value is -3.25. The summed E-state index contributed by atoms with van der Waals surface area (Å²) in [6.07, 6.45) is -2.24. The van der Waals surface area contributed by atoms with E-state index in [1.54, 1.807) is 6.07 Å². The third kappa shape index (κ3) is 4.44. The fourth-order valence-corrected chi connectivity index (χ4v) is 3.82. The number of para-hydroxylation sites is 3. The fourth-order valence-electron chi connectivity index (χ4n) is 3.82. The molecule has 3 N–H and O–H groups in total. The zero-order valence-corrected chi connectivity index (χ0v) is 16.9. The van der Waals surface area contributed by atoms with Crippen LogP contribution < -0.4 is 10.5 Å². The molecule has 0 aliphatic carbocycles. The molecule has 0 saturated carbocycles. The number of hydrogen-bond acceptors (Lipinski definition) is 2. The molecule has 4 rings (SSSR count). The fraction of sp³-hybridized carbons (Fsp3) is 0.200. The molecule has 160 valence electrons. The molecule has 31 heavy (non-hydrogen) atoms. The zero-order chi connectivity index (χ0) is 21.8. The number of unbranched alkanes of at least 4 members (excludes halogenated alkanes) is 1. The van der Waals surface area contributed by atoms with Gasteiger partial charge in [0, 0.05) is 10.9 Å². The first kappa shape index (κ1) is 21.0. The molecule has 0 saturated heterocycles. The Balaban J connectivity index is 1.88. The molecule has 4 aromatic rings. The maximum absolute atomic E-state index is 13.7. The molecule has 0 fully saturated rings. The molecule has 0 radical (unpaired) electrons. The average Bonchev–Trinajstić information content (AvgIpc) is 3.13. The van der Waals surface area contributed by atoms with Crippen LogP contribution in [0, 0.1) is 0 Å². The normalized spacial score (nSPS) is 11.7. The summed E-state index contributed by atoms with van der Waals surface area (Å²) in [5.41, 5.74) is 7.29. The van der Waals surface area contributed by atoms with Gasteiger partial charge in [-0.2, -0.15) is 13.2 Å². The van der Waals surface area contributed by atoms with Crippen LogP contribution in [0.4, 0.5) is 13.2 Å². The summed E-state index contributed by atoms with van der Waals surface area (Å²) in [7, 11) is 0. The van der Waals surface area contributed by atoms with Gasteiger partial charge in [-0.3, -0.25) is 0 Å². The van der Waals surface area contributed by atoms with E-state index in [1.165, 1.54) is 6.07 Å². The van der Waals surface area contributed by atoms with Gasteiger partial charge in [0.15, 0.2) is 0 Å². The van der Waals surface area contributed by atoms with Crippen molar-refractivity contribution in [3.05, 3.63) is 83.9 Å². The third-order valence-electron chi connectivity index (χ3n) is 5.26. The van der Waals surface area contributed by atoms with E-state index in [0.717, 1.165) is 30.0 Å². The summed E-state index contributed by atoms with van der Waals surface area (Å²) >= 11 is 0. The van der Waals surface area contributed by atoms with Crippen molar-refractivity contribution in [2.45, 2.75) is 25.4 Å². The number of alkyl halides is 3.